The van der Waals surface area contributed by atoms with Crippen molar-refractivity contribution in [1.82, 2.24) is 0 Å². The summed E-state index contributed by atoms with van der Waals surface area (Å²) in [5.74, 6) is 0.531. The van der Waals surface area contributed by atoms with Gasteiger partial charge in [0.15, 0.2) is 0 Å². The molecular weight excluding hydrogens is 312 g/mol. The lowest BCUT2D eigenvalue weighted by Crippen LogP contribution is -2.28. The van der Waals surface area contributed by atoms with Crippen LogP contribution in [0.25, 0.3) is 0 Å². The molecule has 8 unspecified atom stereocenters. The van der Waals surface area contributed by atoms with Crippen molar-refractivity contribution < 1.29 is 28.5 Å². The molecule has 4 aliphatic carbocycles. The van der Waals surface area contributed by atoms with E-state index in [9.17, 15) is 9.59 Å². The van der Waals surface area contributed by atoms with E-state index in [0.29, 0.717) is 24.0 Å². The summed E-state index contributed by atoms with van der Waals surface area (Å²) in [4.78, 5) is 24.4. The van der Waals surface area contributed by atoms with Crippen LogP contribution >= 0.6 is 0 Å². The highest BCUT2D eigenvalue weighted by Crippen LogP contribution is 2.65. The second-order valence-electron chi connectivity index (χ2n) is 8.70. The Bertz CT molecular complexity index is 579. The number of hydrogen-bond acceptors (Lipinski definition) is 6. The number of esters is 2. The van der Waals surface area contributed by atoms with Gasteiger partial charge in [-0.25, -0.2) is 0 Å². The van der Waals surface area contributed by atoms with Crippen LogP contribution in [0.4, 0.5) is 0 Å². The number of hydrogen-bond donors (Lipinski definition) is 0. The smallest absolute Gasteiger partial charge is 0.309 e. The van der Waals surface area contributed by atoms with Crippen molar-refractivity contribution in [2.45, 2.75) is 61.9 Å². The number of ether oxygens (including phenoxy) is 4. The van der Waals surface area contributed by atoms with Crippen LogP contribution in [0.2, 0.25) is 0 Å². The molecule has 130 valence electrons. The lowest BCUT2D eigenvalue weighted by Gasteiger charge is -2.19. The molecule has 2 spiro atoms. The topological polar surface area (TPSA) is 77.7 Å². The maximum absolute atomic E-state index is 12.2. The third-order valence-electron chi connectivity index (χ3n) is 7.51. The van der Waals surface area contributed by atoms with E-state index in [4.69, 9.17) is 18.9 Å². The zero-order valence-electron chi connectivity index (χ0n) is 13.6. The summed E-state index contributed by atoms with van der Waals surface area (Å²) in [6.07, 6.45) is 6.47. The Balaban J connectivity index is 0.954. The van der Waals surface area contributed by atoms with Gasteiger partial charge in [-0.15, -0.1) is 0 Å². The molecular formula is C18H22O6. The average molecular weight is 334 g/mol. The van der Waals surface area contributed by atoms with Gasteiger partial charge < -0.3 is 18.9 Å². The lowest BCUT2D eigenvalue weighted by molar-refractivity contribution is -0.159. The van der Waals surface area contributed by atoms with Crippen LogP contribution in [0.5, 0.6) is 0 Å². The minimum Gasteiger partial charge on any atom is -0.462 e. The summed E-state index contributed by atoms with van der Waals surface area (Å²) in [7, 11) is 0. The molecule has 0 aromatic rings. The predicted molar refractivity (Wildman–Crippen MR) is 78.8 cm³/mol. The Hall–Kier alpha value is -1.14. The van der Waals surface area contributed by atoms with Crippen LogP contribution in [0.15, 0.2) is 0 Å². The highest BCUT2D eigenvalue weighted by molar-refractivity contribution is 5.75. The van der Waals surface area contributed by atoms with Crippen LogP contribution in [-0.4, -0.2) is 48.6 Å². The molecule has 6 fully saturated rings. The Morgan fingerprint density at radius 2 is 1.25 bits per heavy atom. The van der Waals surface area contributed by atoms with Gasteiger partial charge in [-0.1, -0.05) is 0 Å². The van der Waals surface area contributed by atoms with Crippen LogP contribution in [0, 0.1) is 23.7 Å². The zero-order chi connectivity index (χ0) is 16.1. The molecule has 0 N–H and O–H groups in total. The van der Waals surface area contributed by atoms with E-state index in [1.165, 1.54) is 0 Å². The Morgan fingerprint density at radius 1 is 0.792 bits per heavy atom. The second kappa shape index (κ2) is 4.33. The number of carbonyl (C=O) groups excluding carboxylic acids is 2. The SMILES string of the molecule is O=C(OCCOC(=O)C1CC23CC1CC2O3)C1CC23CC1CC2O3. The van der Waals surface area contributed by atoms with Crippen LogP contribution in [0.3, 0.4) is 0 Å². The summed E-state index contributed by atoms with van der Waals surface area (Å²) in [5.41, 5.74) is 0.0372. The fourth-order valence-corrected chi connectivity index (χ4v) is 6.25. The molecule has 0 aromatic heterocycles. The molecule has 2 heterocycles. The number of epoxide rings is 2. The molecule has 6 aliphatic rings. The van der Waals surface area contributed by atoms with Crippen LogP contribution < -0.4 is 0 Å². The second-order valence-corrected chi connectivity index (χ2v) is 8.70. The van der Waals surface area contributed by atoms with Gasteiger partial charge in [-0.05, 0) is 50.4 Å². The van der Waals surface area contributed by atoms with Crippen molar-refractivity contribution in [3.8, 4) is 0 Å². The predicted octanol–water partition coefficient (Wildman–Crippen LogP) is 1.21. The third-order valence-corrected chi connectivity index (χ3v) is 7.51. The van der Waals surface area contributed by atoms with Crippen molar-refractivity contribution in [2.75, 3.05) is 13.2 Å². The zero-order valence-corrected chi connectivity index (χ0v) is 13.6. The standard InChI is InChI=1S/C18H22O6/c19-15(11-7-17-5-9(11)3-13(17)23-17)21-1-2-22-16(20)12-8-18-6-10(12)4-14(18)24-18/h9-14H,1-8H2. The summed E-state index contributed by atoms with van der Waals surface area (Å²) in [6, 6.07) is 0. The van der Waals surface area contributed by atoms with Crippen molar-refractivity contribution in [3.63, 3.8) is 0 Å². The first-order valence-corrected chi connectivity index (χ1v) is 9.28. The quantitative estimate of drug-likeness (QED) is 0.427. The first-order chi connectivity index (χ1) is 11.6. The van der Waals surface area contributed by atoms with E-state index < -0.39 is 0 Å². The molecule has 8 atom stereocenters. The van der Waals surface area contributed by atoms with Gasteiger partial charge in [0.25, 0.3) is 0 Å². The fraction of sp³-hybridized carbons (Fsp3) is 0.889. The van der Waals surface area contributed by atoms with Gasteiger partial charge in [0.2, 0.25) is 0 Å². The molecule has 6 rings (SSSR count). The van der Waals surface area contributed by atoms with Gasteiger partial charge in [-0.2, -0.15) is 0 Å². The maximum atomic E-state index is 12.2. The Kier molecular flexibility index (Phi) is 2.54. The Labute approximate surface area is 140 Å². The summed E-state index contributed by atoms with van der Waals surface area (Å²) in [6.45, 7) is 0.319. The summed E-state index contributed by atoms with van der Waals surface area (Å²) < 4.78 is 22.0. The molecule has 2 aliphatic heterocycles. The van der Waals surface area contributed by atoms with E-state index in [0.717, 1.165) is 38.5 Å². The van der Waals surface area contributed by atoms with Crippen molar-refractivity contribution in [3.05, 3.63) is 0 Å². The van der Waals surface area contributed by atoms with Gasteiger partial charge in [0.1, 0.15) is 13.2 Å². The lowest BCUT2D eigenvalue weighted by atomic mass is 9.89. The summed E-state index contributed by atoms with van der Waals surface area (Å²) >= 11 is 0. The first-order valence-electron chi connectivity index (χ1n) is 9.28. The van der Waals surface area contributed by atoms with E-state index in [1.807, 2.05) is 0 Å². The molecule has 6 nitrogen and oxygen atoms in total. The minimum absolute atomic E-state index is 0.0186. The molecule has 24 heavy (non-hydrogen) atoms. The third kappa shape index (κ3) is 1.79. The molecule has 0 aromatic carbocycles. The highest BCUT2D eigenvalue weighted by Gasteiger charge is 2.71. The van der Waals surface area contributed by atoms with E-state index in [2.05, 4.69) is 0 Å². The summed E-state index contributed by atoms with van der Waals surface area (Å²) in [5, 5.41) is 0. The minimum atomic E-state index is -0.144. The molecule has 6 heteroatoms. The largest absolute Gasteiger partial charge is 0.462 e. The molecule has 0 radical (unpaired) electrons. The molecule has 0 amide bonds. The van der Waals surface area contributed by atoms with Gasteiger partial charge in [-0.3, -0.25) is 9.59 Å². The normalized spacial score (nSPS) is 54.3. The van der Waals surface area contributed by atoms with Crippen LogP contribution in [-0.2, 0) is 28.5 Å². The number of fused-ring (bicyclic) bond motifs is 2. The average Bonchev–Trinajstić information content (AvgIpc) is 3.18. The highest BCUT2D eigenvalue weighted by atomic mass is 16.6. The monoisotopic (exact) mass is 334 g/mol. The number of rotatable bonds is 5. The van der Waals surface area contributed by atoms with Crippen molar-refractivity contribution in [2.24, 2.45) is 23.7 Å². The molecule has 4 saturated carbocycles. The number of carbonyl (C=O) groups is 2. The fourth-order valence-electron chi connectivity index (χ4n) is 6.25. The Morgan fingerprint density at radius 3 is 1.58 bits per heavy atom. The van der Waals surface area contributed by atoms with Crippen LogP contribution in [0.1, 0.15) is 38.5 Å². The van der Waals surface area contributed by atoms with Gasteiger partial charge >= 0.3 is 11.9 Å². The maximum Gasteiger partial charge on any atom is 0.309 e. The molecule has 2 saturated heterocycles. The van der Waals surface area contributed by atoms with Gasteiger partial charge in [0.05, 0.1) is 35.2 Å². The van der Waals surface area contributed by atoms with E-state index in [1.54, 1.807) is 0 Å². The van der Waals surface area contributed by atoms with Gasteiger partial charge in [0, 0.05) is 0 Å². The van der Waals surface area contributed by atoms with E-state index >= 15 is 0 Å². The van der Waals surface area contributed by atoms with Crippen molar-refractivity contribution >= 4 is 11.9 Å². The van der Waals surface area contributed by atoms with E-state index in [-0.39, 0.29) is 48.2 Å². The first kappa shape index (κ1) is 14.1. The van der Waals surface area contributed by atoms with Crippen molar-refractivity contribution in [1.29, 1.82) is 0 Å². The molecule has 4 bridgehead atoms.